The van der Waals surface area contributed by atoms with Crippen LogP contribution >= 0.6 is 0 Å². The minimum Gasteiger partial charge on any atom is -0.383 e. The predicted molar refractivity (Wildman–Crippen MR) is 118 cm³/mol. The van der Waals surface area contributed by atoms with Crippen molar-refractivity contribution in [3.8, 4) is 11.1 Å². The van der Waals surface area contributed by atoms with Gasteiger partial charge in [0.05, 0.1) is 23.7 Å². The summed E-state index contributed by atoms with van der Waals surface area (Å²) in [4.78, 5) is 17.2. The van der Waals surface area contributed by atoms with Crippen molar-refractivity contribution in [1.82, 2.24) is 14.1 Å². The van der Waals surface area contributed by atoms with Crippen LogP contribution in [0.2, 0.25) is 0 Å². The zero-order valence-electron chi connectivity index (χ0n) is 17.9. The molecular formula is C24H31N3O2. The van der Waals surface area contributed by atoms with Gasteiger partial charge in [-0.3, -0.25) is 4.79 Å². The first kappa shape index (κ1) is 19.9. The molecule has 5 heteroatoms. The molecular weight excluding hydrogens is 362 g/mol. The van der Waals surface area contributed by atoms with E-state index in [0.717, 1.165) is 27.7 Å². The van der Waals surface area contributed by atoms with E-state index in [-0.39, 0.29) is 11.6 Å². The molecule has 1 aliphatic carbocycles. The summed E-state index contributed by atoms with van der Waals surface area (Å²) < 4.78 is 9.55. The van der Waals surface area contributed by atoms with E-state index in [1.165, 1.54) is 37.9 Å². The summed E-state index contributed by atoms with van der Waals surface area (Å²) in [6.45, 7) is 4.74. The Morgan fingerprint density at radius 1 is 1.17 bits per heavy atom. The van der Waals surface area contributed by atoms with Crippen LogP contribution in [0.25, 0.3) is 22.2 Å². The summed E-state index contributed by atoms with van der Waals surface area (Å²) in [5.41, 5.74) is 5.16. The lowest BCUT2D eigenvalue weighted by Crippen LogP contribution is -2.18. The number of aryl methyl sites for hydroxylation is 2. The third-order valence-electron chi connectivity index (χ3n) is 6.23. The van der Waals surface area contributed by atoms with Gasteiger partial charge in [0.2, 0.25) is 0 Å². The average Bonchev–Trinajstić information content (AvgIpc) is 3.11. The maximum Gasteiger partial charge on any atom is 0.253 e. The van der Waals surface area contributed by atoms with Crippen LogP contribution < -0.4 is 5.56 Å². The average molecular weight is 394 g/mol. The fourth-order valence-corrected chi connectivity index (χ4v) is 4.75. The molecule has 3 aromatic rings. The van der Waals surface area contributed by atoms with E-state index in [0.29, 0.717) is 12.5 Å². The van der Waals surface area contributed by atoms with Crippen molar-refractivity contribution in [2.24, 2.45) is 7.05 Å². The van der Waals surface area contributed by atoms with Crippen LogP contribution in [0.4, 0.5) is 0 Å². The third-order valence-corrected chi connectivity index (χ3v) is 6.23. The fourth-order valence-electron chi connectivity index (χ4n) is 4.75. The Morgan fingerprint density at radius 3 is 2.62 bits per heavy atom. The molecule has 5 nitrogen and oxygen atoms in total. The Labute approximate surface area is 172 Å². The molecule has 4 rings (SSSR count). The summed E-state index contributed by atoms with van der Waals surface area (Å²) in [5, 5.41) is 0. The van der Waals surface area contributed by atoms with Crippen LogP contribution in [-0.2, 0) is 11.8 Å². The molecule has 154 valence electrons. The molecule has 0 unspecified atom stereocenters. The second-order valence-electron chi connectivity index (χ2n) is 8.51. The summed E-state index contributed by atoms with van der Waals surface area (Å²) >= 11 is 0. The molecule has 1 saturated carbocycles. The predicted octanol–water partition coefficient (Wildman–Crippen LogP) is 4.97. The van der Waals surface area contributed by atoms with E-state index in [2.05, 4.69) is 29.7 Å². The molecule has 0 saturated heterocycles. The molecule has 1 atom stereocenters. The van der Waals surface area contributed by atoms with Crippen molar-refractivity contribution < 1.29 is 4.74 Å². The molecule has 0 bridgehead atoms. The molecule has 29 heavy (non-hydrogen) atoms. The lowest BCUT2D eigenvalue weighted by Gasteiger charge is -2.25. The van der Waals surface area contributed by atoms with Gasteiger partial charge in [-0.2, -0.15) is 0 Å². The summed E-state index contributed by atoms with van der Waals surface area (Å²) in [6, 6.07) is 8.65. The van der Waals surface area contributed by atoms with Crippen LogP contribution in [0, 0.1) is 6.92 Å². The first-order valence-corrected chi connectivity index (χ1v) is 10.7. The van der Waals surface area contributed by atoms with E-state index < -0.39 is 0 Å². The van der Waals surface area contributed by atoms with Gasteiger partial charge in [0.25, 0.3) is 5.56 Å². The first-order valence-electron chi connectivity index (χ1n) is 10.7. The highest BCUT2D eigenvalue weighted by molar-refractivity contribution is 5.83. The van der Waals surface area contributed by atoms with Crippen molar-refractivity contribution in [3.05, 3.63) is 52.2 Å². The molecule has 0 aliphatic heterocycles. The highest BCUT2D eigenvalue weighted by atomic mass is 16.5. The van der Waals surface area contributed by atoms with Gasteiger partial charge in [-0.1, -0.05) is 25.3 Å². The number of fused-ring (bicyclic) bond motifs is 1. The standard InChI is InChI=1S/C24H31N3O2/c1-16-12-20(14-26(3)24(16)28)19-10-11-21-22(13-19)27(17(2)15-29-4)23(25-21)18-8-6-5-7-9-18/h10-14,17-18H,5-9,15H2,1-4H3/t17-/m1/s1. The Hall–Kier alpha value is -2.40. The molecule has 0 N–H and O–H groups in total. The lowest BCUT2D eigenvalue weighted by atomic mass is 9.88. The van der Waals surface area contributed by atoms with Crippen molar-refractivity contribution >= 4 is 11.0 Å². The summed E-state index contributed by atoms with van der Waals surface area (Å²) in [5.74, 6) is 1.73. The molecule has 0 spiro atoms. The Kier molecular flexibility index (Phi) is 5.59. The van der Waals surface area contributed by atoms with E-state index in [1.54, 1.807) is 11.7 Å². The summed E-state index contributed by atoms with van der Waals surface area (Å²) in [6.07, 6.45) is 8.26. The monoisotopic (exact) mass is 393 g/mol. The normalized spacial score (nSPS) is 16.4. The minimum absolute atomic E-state index is 0.0492. The number of aromatic nitrogens is 3. The number of benzene rings is 1. The van der Waals surface area contributed by atoms with E-state index in [4.69, 9.17) is 9.72 Å². The van der Waals surface area contributed by atoms with Gasteiger partial charge in [0, 0.05) is 31.8 Å². The zero-order chi connectivity index (χ0) is 20.5. The van der Waals surface area contributed by atoms with Gasteiger partial charge in [0.1, 0.15) is 5.82 Å². The van der Waals surface area contributed by atoms with Crippen molar-refractivity contribution in [1.29, 1.82) is 0 Å². The fraction of sp³-hybridized carbons (Fsp3) is 0.500. The number of pyridine rings is 1. The van der Waals surface area contributed by atoms with E-state index >= 15 is 0 Å². The van der Waals surface area contributed by atoms with Crippen LogP contribution in [0.5, 0.6) is 0 Å². The number of rotatable bonds is 5. The number of imidazole rings is 1. The highest BCUT2D eigenvalue weighted by Gasteiger charge is 2.25. The number of hydrogen-bond donors (Lipinski definition) is 0. The number of methoxy groups -OCH3 is 1. The Bertz CT molecular complexity index is 1050. The molecule has 1 fully saturated rings. The number of ether oxygens (including phenoxy) is 1. The van der Waals surface area contributed by atoms with Crippen LogP contribution in [0.1, 0.15) is 62.4 Å². The Morgan fingerprint density at radius 2 is 1.93 bits per heavy atom. The molecule has 1 aliphatic rings. The van der Waals surface area contributed by atoms with Gasteiger partial charge in [-0.15, -0.1) is 0 Å². The van der Waals surface area contributed by atoms with Crippen LogP contribution in [0.3, 0.4) is 0 Å². The van der Waals surface area contributed by atoms with Crippen molar-refractivity contribution in [3.63, 3.8) is 0 Å². The van der Waals surface area contributed by atoms with Gasteiger partial charge in [-0.05, 0) is 56.0 Å². The number of hydrogen-bond acceptors (Lipinski definition) is 3. The molecule has 0 amide bonds. The summed E-state index contributed by atoms with van der Waals surface area (Å²) in [7, 11) is 3.57. The van der Waals surface area contributed by atoms with E-state index in [9.17, 15) is 4.79 Å². The zero-order valence-corrected chi connectivity index (χ0v) is 17.9. The molecule has 1 aromatic carbocycles. The van der Waals surface area contributed by atoms with Crippen molar-refractivity contribution in [2.75, 3.05) is 13.7 Å². The van der Waals surface area contributed by atoms with Crippen LogP contribution in [-0.4, -0.2) is 27.8 Å². The second kappa shape index (κ2) is 8.15. The molecule has 0 radical (unpaired) electrons. The number of nitrogens with zero attached hydrogens (tertiary/aromatic N) is 3. The largest absolute Gasteiger partial charge is 0.383 e. The first-order chi connectivity index (χ1) is 14.0. The van der Waals surface area contributed by atoms with Gasteiger partial charge in [-0.25, -0.2) is 4.98 Å². The quantitative estimate of drug-likeness (QED) is 0.615. The van der Waals surface area contributed by atoms with E-state index in [1.807, 2.05) is 26.2 Å². The van der Waals surface area contributed by atoms with Gasteiger partial charge < -0.3 is 13.9 Å². The van der Waals surface area contributed by atoms with Crippen LogP contribution in [0.15, 0.2) is 35.3 Å². The van der Waals surface area contributed by atoms with Crippen molar-refractivity contribution in [2.45, 2.75) is 57.9 Å². The van der Waals surface area contributed by atoms with Gasteiger partial charge >= 0.3 is 0 Å². The maximum atomic E-state index is 12.1. The minimum atomic E-state index is 0.0492. The third kappa shape index (κ3) is 3.76. The molecule has 2 aromatic heterocycles. The molecule has 2 heterocycles. The van der Waals surface area contributed by atoms with Gasteiger partial charge in [0.15, 0.2) is 0 Å². The smallest absolute Gasteiger partial charge is 0.253 e. The second-order valence-corrected chi connectivity index (χ2v) is 8.51. The topological polar surface area (TPSA) is 49.1 Å². The Balaban J connectivity index is 1.86. The maximum absolute atomic E-state index is 12.1. The SMILES string of the molecule is COC[C@@H](C)n1c(C2CCCCC2)nc2ccc(-c3cc(C)c(=O)n(C)c3)cc21. The highest BCUT2D eigenvalue weighted by Crippen LogP contribution is 2.36. The lowest BCUT2D eigenvalue weighted by molar-refractivity contribution is 0.161.